The fourth-order valence-corrected chi connectivity index (χ4v) is 11.0. The molecule has 0 saturated carbocycles. The number of furan rings is 2. The van der Waals surface area contributed by atoms with Crippen LogP contribution >= 0.6 is 0 Å². The van der Waals surface area contributed by atoms with Crippen molar-refractivity contribution in [2.45, 2.75) is 74.8 Å². The van der Waals surface area contributed by atoms with Crippen molar-refractivity contribution < 1.29 is 8.83 Å². The van der Waals surface area contributed by atoms with Gasteiger partial charge in [0, 0.05) is 118 Å². The van der Waals surface area contributed by atoms with Crippen molar-refractivity contribution >= 4 is 89.9 Å². The lowest BCUT2D eigenvalue weighted by Crippen LogP contribution is -2.12. The van der Waals surface area contributed by atoms with Crippen molar-refractivity contribution in [1.82, 2.24) is 29.9 Å². The minimum absolute atomic E-state index is 0.195. The quantitative estimate of drug-likeness (QED) is 0.0426. The van der Waals surface area contributed by atoms with E-state index < -0.39 is 0 Å². The van der Waals surface area contributed by atoms with Gasteiger partial charge in [-0.15, -0.1) is 11.5 Å². The van der Waals surface area contributed by atoms with Gasteiger partial charge in [0.05, 0.1) is 40.1 Å². The number of aliphatic imine (C=N–C) groups is 4. The third-order valence-electron chi connectivity index (χ3n) is 16.1. The summed E-state index contributed by atoms with van der Waals surface area (Å²) in [5.74, 6) is 0.612. The van der Waals surface area contributed by atoms with Crippen LogP contribution in [0.5, 0.6) is 0 Å². The summed E-state index contributed by atoms with van der Waals surface area (Å²) in [6.45, 7) is 22.4. The molecule has 0 amide bonds. The van der Waals surface area contributed by atoms with Gasteiger partial charge in [0.25, 0.3) is 0 Å². The summed E-state index contributed by atoms with van der Waals surface area (Å²) >= 11 is 0. The number of nitrogens with two attached hydrogens (primary N) is 1. The molecule has 0 bridgehead atoms. The standard InChI is InChI=1S/C79H60N10O2.C3H7N.2C2H6/c1-6-7-17-51(3)52(4)85-74(60-35-43-84-44-36-60)72(73(80)59-33-41-83-42-34-59)62-26-28-71-65(47-62)75-78(91-71)66(49-69(87-75)57-22-15-16-50(2)23-25-57)76-77-64(48-68(88-76)56-18-11-8-9-12-19-56)63-45-54(24-27-70(63)90-77)46-67(58-31-39-82-40-32-58)89-79(61-20-13-10-14-21-61)86-53(5)55-29-37-81-38-30-55;1-3-4-2;2*1-2/h6-11,13-21,23-45,47-49,53H,4,46,80H2,1-3,5H3;3H,1-2H3;2*1-2H3/b7-6-,51-17+,73-72-,85-74?,86-79?,89-67?;;;. The van der Waals surface area contributed by atoms with Gasteiger partial charge < -0.3 is 19.6 Å². The van der Waals surface area contributed by atoms with Crippen molar-refractivity contribution in [2.75, 3.05) is 7.05 Å². The first-order valence-corrected chi connectivity index (χ1v) is 33.2. The van der Waals surface area contributed by atoms with E-state index in [-0.39, 0.29) is 6.04 Å². The van der Waals surface area contributed by atoms with Crippen molar-refractivity contribution in [3.63, 3.8) is 0 Å². The van der Waals surface area contributed by atoms with E-state index in [1.807, 2.05) is 218 Å². The second-order valence-electron chi connectivity index (χ2n) is 22.5. The maximum atomic E-state index is 7.41. The van der Waals surface area contributed by atoms with Gasteiger partial charge in [-0.2, -0.15) is 0 Å². The highest BCUT2D eigenvalue weighted by Crippen LogP contribution is 2.44. The summed E-state index contributed by atoms with van der Waals surface area (Å²) in [6.07, 6.45) is 40.1. The van der Waals surface area contributed by atoms with Crippen LogP contribution < -0.4 is 5.73 Å². The summed E-state index contributed by atoms with van der Waals surface area (Å²) in [4.78, 5) is 48.0. The van der Waals surface area contributed by atoms with Crippen molar-refractivity contribution in [3.8, 4) is 11.3 Å². The number of fused-ring (bicyclic) bond motifs is 6. The maximum absolute atomic E-state index is 7.41. The van der Waals surface area contributed by atoms with E-state index in [2.05, 4.69) is 87.2 Å². The Hall–Kier alpha value is -12.4. The van der Waals surface area contributed by atoms with Crippen LogP contribution in [-0.2, 0) is 6.42 Å². The molecule has 0 fully saturated rings. The predicted molar refractivity (Wildman–Crippen MR) is 413 cm³/mol. The molecule has 13 nitrogen and oxygen atoms in total. The highest BCUT2D eigenvalue weighted by Gasteiger charge is 2.26. The zero-order valence-corrected chi connectivity index (χ0v) is 57.6. The van der Waals surface area contributed by atoms with Crippen LogP contribution in [0.3, 0.4) is 0 Å². The Labute approximate surface area is 579 Å². The molecule has 8 heterocycles. The number of hydrogen-bond donors (Lipinski definition) is 1. The van der Waals surface area contributed by atoms with Crippen molar-refractivity contribution in [3.05, 3.63) is 335 Å². The van der Waals surface area contributed by atoms with Gasteiger partial charge in [-0.05, 0) is 178 Å². The van der Waals surface area contributed by atoms with Crippen molar-refractivity contribution in [1.29, 1.82) is 0 Å². The molecule has 2 aliphatic carbocycles. The largest absolute Gasteiger partial charge is 0.454 e. The third-order valence-corrected chi connectivity index (χ3v) is 16.1. The minimum atomic E-state index is -0.195. The van der Waals surface area contributed by atoms with Gasteiger partial charge >= 0.3 is 0 Å². The summed E-state index contributed by atoms with van der Waals surface area (Å²) < 4.78 is 14.2. The molecule has 0 radical (unpaired) electrons. The Morgan fingerprint density at radius 1 is 0.646 bits per heavy atom. The molecule has 2 aliphatic rings. The highest BCUT2D eigenvalue weighted by atomic mass is 16.3. The molecule has 13 heteroatoms. The molecule has 0 saturated heterocycles. The van der Waals surface area contributed by atoms with Crippen LogP contribution in [0.25, 0.3) is 77.7 Å². The first-order valence-electron chi connectivity index (χ1n) is 33.2. The molecule has 2 N–H and O–H groups in total. The van der Waals surface area contributed by atoms with Gasteiger partial charge in [0.2, 0.25) is 0 Å². The van der Waals surface area contributed by atoms with Crippen molar-refractivity contribution in [2.24, 2.45) is 25.7 Å². The number of pyridine rings is 6. The SMILES string of the molecule is C=C(N=C(/C(=C(\N)c1ccncc1)c1ccc2oc3c(-c4nc(C5=CC=CC=C=C5)cc5c4oc4ccc(CC(=NC(=NC(C)c6ccncc6)c6ccccc6)c6ccncc6)cc45)cc(C4=C=CC=C(C)C=C4)nc3c2c1)c1ccncc1)/C(C)=C/C=C\C.CC.CC.CC=NC. The molecule has 1 atom stereocenters. The van der Waals surface area contributed by atoms with E-state index in [4.69, 9.17) is 39.5 Å². The minimum Gasteiger partial charge on any atom is -0.454 e. The van der Waals surface area contributed by atoms with E-state index in [9.17, 15) is 0 Å². The Kier molecular flexibility index (Phi) is 23.7. The maximum Gasteiger partial charge on any atom is 0.163 e. The lowest BCUT2D eigenvalue weighted by atomic mass is 9.91. The number of aromatic nitrogens is 6. The monoisotopic (exact) mass is 1300 g/mol. The van der Waals surface area contributed by atoms with E-state index >= 15 is 0 Å². The highest BCUT2D eigenvalue weighted by molar-refractivity contribution is 6.37. The van der Waals surface area contributed by atoms with Gasteiger partial charge in [0.15, 0.2) is 17.0 Å². The molecule has 99 heavy (non-hydrogen) atoms. The van der Waals surface area contributed by atoms with E-state index in [1.165, 1.54) is 0 Å². The Bertz CT molecular complexity index is 5230. The number of nitrogens with zero attached hydrogens (tertiary/aromatic N) is 10. The van der Waals surface area contributed by atoms with Gasteiger partial charge in [-0.1, -0.05) is 131 Å². The van der Waals surface area contributed by atoms with Crippen LogP contribution in [0.4, 0.5) is 0 Å². The molecule has 11 aromatic rings. The normalized spacial score (nSPS) is 13.8. The summed E-state index contributed by atoms with van der Waals surface area (Å²) in [5.41, 5.74) is 32.6. The van der Waals surface area contributed by atoms with E-state index in [0.717, 1.165) is 83.1 Å². The smallest absolute Gasteiger partial charge is 0.163 e. The number of allylic oxidation sites excluding steroid dienone is 15. The lowest BCUT2D eigenvalue weighted by molar-refractivity contribution is 0.663. The van der Waals surface area contributed by atoms with Gasteiger partial charge in [0.1, 0.15) is 22.4 Å². The first-order chi connectivity index (χ1) is 48.5. The zero-order valence-electron chi connectivity index (χ0n) is 57.6. The second kappa shape index (κ2) is 33.8. The van der Waals surface area contributed by atoms with Crippen LogP contribution in [-0.4, -0.2) is 60.4 Å². The predicted octanol–water partition coefficient (Wildman–Crippen LogP) is 20.6. The molecule has 0 aliphatic heterocycles. The van der Waals surface area contributed by atoms with Gasteiger partial charge in [-0.25, -0.2) is 20.0 Å². The Morgan fingerprint density at radius 2 is 1.30 bits per heavy atom. The average molecular weight is 1300 g/mol. The Balaban J connectivity index is 0.00000127. The lowest BCUT2D eigenvalue weighted by Gasteiger charge is -2.17. The molecule has 13 rings (SSSR count). The topological polar surface area (TPSA) is 179 Å². The fourth-order valence-electron chi connectivity index (χ4n) is 11.0. The average Bonchev–Trinajstić information content (AvgIpc) is 1.60. The van der Waals surface area contributed by atoms with Crippen LogP contribution in [0, 0.1) is 0 Å². The first kappa shape index (κ1) is 69.4. The fraction of sp³-hybridized carbons (Fsp3) is 0.140. The summed E-state index contributed by atoms with van der Waals surface area (Å²) in [6, 6.07) is 42.0. The molecule has 3 aromatic carbocycles. The number of benzene rings is 3. The van der Waals surface area contributed by atoms with Crippen LogP contribution in [0.1, 0.15) is 119 Å². The van der Waals surface area contributed by atoms with Crippen LogP contribution in [0.2, 0.25) is 0 Å². The van der Waals surface area contributed by atoms with Crippen LogP contribution in [0.15, 0.2) is 314 Å². The molecule has 0 spiro atoms. The van der Waals surface area contributed by atoms with Gasteiger partial charge in [-0.3, -0.25) is 24.9 Å². The molecule has 8 aromatic heterocycles. The Morgan fingerprint density at radius 3 is 2.00 bits per heavy atom. The second-order valence-corrected chi connectivity index (χ2v) is 22.5. The molecule has 1 unspecified atom stereocenters. The number of hydrogen-bond acceptors (Lipinski definition) is 12. The summed E-state index contributed by atoms with van der Waals surface area (Å²) in [7, 11) is 1.75. The number of amidine groups is 1. The number of rotatable bonds is 16. The summed E-state index contributed by atoms with van der Waals surface area (Å²) in [5, 5.41) is 2.48. The molecular weight excluding hydrogens is 1220 g/mol. The zero-order chi connectivity index (χ0) is 69.6. The van der Waals surface area contributed by atoms with E-state index in [0.29, 0.717) is 85.4 Å². The molecule has 490 valence electrons. The van der Waals surface area contributed by atoms with E-state index in [1.54, 1.807) is 62.8 Å². The molecular formula is C86H79N11O2. The third kappa shape index (κ3) is 16.5.